The van der Waals surface area contributed by atoms with Crippen molar-refractivity contribution >= 4 is 17.2 Å². The molecule has 2 rings (SSSR count). The van der Waals surface area contributed by atoms with E-state index < -0.39 is 0 Å². The van der Waals surface area contributed by atoms with Crippen LogP contribution < -0.4 is 15.4 Å². The van der Waals surface area contributed by atoms with Crippen molar-refractivity contribution < 1.29 is 14.8 Å². The number of hydrogen-bond acceptors (Lipinski definition) is 3. The van der Waals surface area contributed by atoms with Crippen molar-refractivity contribution in [1.82, 2.24) is 5.32 Å². The number of rotatable bonds is 7. The maximum absolute atomic E-state index is 11.7. The molecule has 0 bridgehead atoms. The van der Waals surface area contributed by atoms with E-state index in [4.69, 9.17) is 4.74 Å². The first-order valence-electron chi connectivity index (χ1n) is 7.79. The normalized spacial score (nSPS) is 11.3. The molecule has 0 aliphatic rings. The van der Waals surface area contributed by atoms with Crippen molar-refractivity contribution in [2.45, 2.75) is 39.4 Å². The average molecular weight is 333 g/mol. The van der Waals surface area contributed by atoms with Crippen LogP contribution in [0, 0.1) is 0 Å². The smallest absolute Gasteiger partial charge is 0.258 e. The highest BCUT2D eigenvalue weighted by atomic mass is 32.1. The molecule has 23 heavy (non-hydrogen) atoms. The summed E-state index contributed by atoms with van der Waals surface area (Å²) >= 11 is 1.78. The monoisotopic (exact) mass is 333 g/mol. The van der Waals surface area contributed by atoms with E-state index in [0.717, 1.165) is 18.8 Å². The van der Waals surface area contributed by atoms with Gasteiger partial charge in [-0.2, -0.15) is 0 Å². The lowest BCUT2D eigenvalue weighted by Gasteiger charge is -2.20. The van der Waals surface area contributed by atoms with Crippen molar-refractivity contribution in [2.75, 3.05) is 6.61 Å². The number of thiophene rings is 1. The summed E-state index contributed by atoms with van der Waals surface area (Å²) in [7, 11) is 0. The third-order valence-corrected chi connectivity index (χ3v) is 4.01. The third kappa shape index (κ3) is 6.84. The molecule has 1 aromatic heterocycles. The Balaban J connectivity index is 1.72. The van der Waals surface area contributed by atoms with Gasteiger partial charge in [0.2, 0.25) is 0 Å². The van der Waals surface area contributed by atoms with E-state index in [2.05, 4.69) is 28.1 Å². The third-order valence-electron chi connectivity index (χ3n) is 3.11. The fraction of sp³-hybridized carbons (Fsp3) is 0.389. The predicted octanol–water partition coefficient (Wildman–Crippen LogP) is 2.31. The first kappa shape index (κ1) is 17.5. The number of amides is 1. The molecule has 1 heterocycles. The van der Waals surface area contributed by atoms with E-state index in [1.807, 2.05) is 45.0 Å². The summed E-state index contributed by atoms with van der Waals surface area (Å²) in [4.78, 5) is 13.1. The lowest BCUT2D eigenvalue weighted by Crippen LogP contribution is -2.80. The Kier molecular flexibility index (Phi) is 6.19. The number of ether oxygens (including phenoxy) is 1. The van der Waals surface area contributed by atoms with E-state index in [1.54, 1.807) is 11.3 Å². The lowest BCUT2D eigenvalue weighted by molar-refractivity contribution is -0.685. The molecule has 1 amide bonds. The quantitative estimate of drug-likeness (QED) is 0.817. The first-order chi connectivity index (χ1) is 10.9. The second kappa shape index (κ2) is 8.13. The van der Waals surface area contributed by atoms with E-state index >= 15 is 0 Å². The van der Waals surface area contributed by atoms with Gasteiger partial charge in [-0.05, 0) is 56.5 Å². The predicted molar refractivity (Wildman–Crippen MR) is 93.5 cm³/mol. The molecule has 0 aliphatic carbocycles. The van der Waals surface area contributed by atoms with Gasteiger partial charge in [0.15, 0.2) is 6.61 Å². The molecular weight excluding hydrogens is 308 g/mol. The van der Waals surface area contributed by atoms with Crippen LogP contribution in [0.15, 0.2) is 41.8 Å². The van der Waals surface area contributed by atoms with Gasteiger partial charge in [-0.3, -0.25) is 4.79 Å². The van der Waals surface area contributed by atoms with E-state index in [9.17, 15) is 4.79 Å². The second-order valence-electron chi connectivity index (χ2n) is 6.51. The van der Waals surface area contributed by atoms with Crippen LogP contribution in [-0.2, 0) is 17.9 Å². The highest BCUT2D eigenvalue weighted by molar-refractivity contribution is 7.09. The summed E-state index contributed by atoms with van der Waals surface area (Å²) < 4.78 is 5.51. The Hall–Kier alpha value is -1.85. The molecule has 0 saturated carbocycles. The van der Waals surface area contributed by atoms with Crippen molar-refractivity contribution in [3.63, 3.8) is 0 Å². The summed E-state index contributed by atoms with van der Waals surface area (Å²) in [5, 5.41) is 7.25. The molecule has 3 N–H and O–H groups in total. The van der Waals surface area contributed by atoms with E-state index in [0.29, 0.717) is 0 Å². The molecule has 5 heteroatoms. The van der Waals surface area contributed by atoms with Crippen LogP contribution in [0.4, 0.5) is 0 Å². The molecule has 2 aromatic rings. The number of nitrogens with two attached hydrogens (primary N) is 1. The molecule has 0 unspecified atom stereocenters. The van der Waals surface area contributed by atoms with Crippen molar-refractivity contribution in [1.29, 1.82) is 0 Å². The minimum Gasteiger partial charge on any atom is -0.484 e. The molecule has 4 nitrogen and oxygen atoms in total. The Morgan fingerprint density at radius 3 is 2.52 bits per heavy atom. The molecule has 124 valence electrons. The Bertz CT molecular complexity index is 601. The highest BCUT2D eigenvalue weighted by Crippen LogP contribution is 2.12. The van der Waals surface area contributed by atoms with Gasteiger partial charge in [0.25, 0.3) is 5.91 Å². The molecular formula is C18H25N2O2S+. The van der Waals surface area contributed by atoms with E-state index in [1.165, 1.54) is 10.4 Å². The summed E-state index contributed by atoms with van der Waals surface area (Å²) in [6, 6.07) is 12.2. The summed E-state index contributed by atoms with van der Waals surface area (Å²) in [5.41, 5.74) is 1.01. The Morgan fingerprint density at radius 2 is 1.91 bits per heavy atom. The minimum atomic E-state index is -0.233. The maximum Gasteiger partial charge on any atom is 0.258 e. The zero-order valence-corrected chi connectivity index (χ0v) is 14.8. The summed E-state index contributed by atoms with van der Waals surface area (Å²) in [5.74, 6) is 0.613. The number of carbonyl (C=O) groups excluding carboxylic acids is 1. The van der Waals surface area contributed by atoms with Crippen molar-refractivity contribution in [3.05, 3.63) is 52.2 Å². The molecule has 1 aromatic carbocycles. The zero-order valence-electron chi connectivity index (χ0n) is 14.0. The Labute approximate surface area is 141 Å². The van der Waals surface area contributed by atoms with Gasteiger partial charge in [0.05, 0.1) is 4.88 Å². The van der Waals surface area contributed by atoms with Crippen LogP contribution in [0.1, 0.15) is 31.2 Å². The van der Waals surface area contributed by atoms with Crippen LogP contribution in [0.2, 0.25) is 0 Å². The average Bonchev–Trinajstić information content (AvgIpc) is 2.98. The van der Waals surface area contributed by atoms with E-state index in [-0.39, 0.29) is 18.1 Å². The number of quaternary nitrogens is 1. The second-order valence-corrected chi connectivity index (χ2v) is 7.54. The first-order valence-corrected chi connectivity index (χ1v) is 8.67. The summed E-state index contributed by atoms with van der Waals surface area (Å²) in [6.07, 6.45) is 0. The lowest BCUT2D eigenvalue weighted by atomic mass is 10.1. The van der Waals surface area contributed by atoms with Gasteiger partial charge in [-0.15, -0.1) is 11.3 Å². The van der Waals surface area contributed by atoms with Gasteiger partial charge in [0.1, 0.15) is 18.8 Å². The fourth-order valence-corrected chi connectivity index (χ4v) is 2.84. The van der Waals surface area contributed by atoms with Crippen LogP contribution in [0.25, 0.3) is 0 Å². The molecule has 0 atom stereocenters. The molecule has 0 radical (unpaired) electrons. The van der Waals surface area contributed by atoms with Crippen molar-refractivity contribution in [3.8, 4) is 5.75 Å². The Morgan fingerprint density at radius 1 is 1.17 bits per heavy atom. The van der Waals surface area contributed by atoms with Crippen LogP contribution in [0.5, 0.6) is 5.75 Å². The molecule has 0 spiro atoms. The topological polar surface area (TPSA) is 54.9 Å². The van der Waals surface area contributed by atoms with Gasteiger partial charge in [-0.1, -0.05) is 6.07 Å². The molecule has 0 saturated heterocycles. The van der Waals surface area contributed by atoms with Gasteiger partial charge < -0.3 is 15.4 Å². The highest BCUT2D eigenvalue weighted by Gasteiger charge is 2.13. The zero-order chi connectivity index (χ0) is 16.7. The molecule has 0 fully saturated rings. The number of benzene rings is 1. The van der Waals surface area contributed by atoms with Gasteiger partial charge >= 0.3 is 0 Å². The largest absolute Gasteiger partial charge is 0.484 e. The van der Waals surface area contributed by atoms with Crippen LogP contribution in [-0.4, -0.2) is 18.1 Å². The fourth-order valence-electron chi connectivity index (χ4n) is 2.13. The number of carbonyl (C=O) groups is 1. The standard InChI is InChI=1S/C18H24N2O2S/c1-18(2,3)20-17(21)13-22-15-8-6-14(7-9-15)11-19-12-16-5-4-10-23-16/h4-10,19H,11-13H2,1-3H3,(H,20,21)/p+1. The minimum absolute atomic E-state index is 0.0428. The van der Waals surface area contributed by atoms with Crippen molar-refractivity contribution in [2.24, 2.45) is 0 Å². The maximum atomic E-state index is 11.7. The van der Waals surface area contributed by atoms with Gasteiger partial charge in [-0.25, -0.2) is 0 Å². The van der Waals surface area contributed by atoms with Gasteiger partial charge in [0, 0.05) is 11.1 Å². The number of hydrogen-bond donors (Lipinski definition) is 2. The van der Waals surface area contributed by atoms with Crippen LogP contribution >= 0.6 is 11.3 Å². The molecule has 0 aliphatic heterocycles. The summed E-state index contributed by atoms with van der Waals surface area (Å²) in [6.45, 7) is 7.83. The SMILES string of the molecule is CC(C)(C)NC(=O)COc1ccc(C[NH2+]Cc2cccs2)cc1. The van der Waals surface area contributed by atoms with Crippen LogP contribution in [0.3, 0.4) is 0 Å². The number of nitrogens with one attached hydrogen (secondary N) is 1.